The van der Waals surface area contributed by atoms with E-state index < -0.39 is 23.8 Å². The molecule has 2 amide bonds. The van der Waals surface area contributed by atoms with Crippen molar-refractivity contribution in [2.45, 2.75) is 25.7 Å². The number of esters is 2. The molecule has 3 aromatic rings. The Bertz CT molecular complexity index is 1410. The largest absolute Gasteiger partial charge is 0.496 e. The van der Waals surface area contributed by atoms with Crippen LogP contribution in [0.4, 0.5) is 5.00 Å². The maximum atomic E-state index is 12.7. The molecular formula is C27H25N3O7S. The highest BCUT2D eigenvalue weighted by Crippen LogP contribution is 2.38. The van der Waals surface area contributed by atoms with E-state index in [-0.39, 0.29) is 16.3 Å². The lowest BCUT2D eigenvalue weighted by molar-refractivity contribution is -0.136. The minimum atomic E-state index is -1.04. The van der Waals surface area contributed by atoms with Crippen LogP contribution in [-0.2, 0) is 27.2 Å². The number of carbonyl (C=O) groups excluding carboxylic acids is 4. The fourth-order valence-electron chi connectivity index (χ4n) is 3.99. The van der Waals surface area contributed by atoms with Crippen molar-refractivity contribution in [2.75, 3.05) is 19.5 Å². The molecule has 10 nitrogen and oxygen atoms in total. The molecule has 196 valence electrons. The third kappa shape index (κ3) is 5.89. The number of carbonyl (C=O) groups is 4. The van der Waals surface area contributed by atoms with Gasteiger partial charge in [-0.25, -0.2) is 15.0 Å². The molecule has 0 bridgehead atoms. The fraction of sp³-hybridized carbons (Fsp3) is 0.222. The average Bonchev–Trinajstić information content (AvgIpc) is 3.31. The van der Waals surface area contributed by atoms with Crippen molar-refractivity contribution in [3.63, 3.8) is 0 Å². The Morgan fingerprint density at radius 1 is 0.895 bits per heavy atom. The molecule has 0 spiro atoms. The molecule has 2 aromatic carbocycles. The molecule has 4 rings (SSSR count). The van der Waals surface area contributed by atoms with Gasteiger partial charge in [-0.15, -0.1) is 11.3 Å². The zero-order chi connectivity index (χ0) is 27.1. The van der Waals surface area contributed by atoms with E-state index in [2.05, 4.69) is 15.8 Å². The van der Waals surface area contributed by atoms with Gasteiger partial charge in [-0.3, -0.25) is 9.59 Å². The van der Waals surface area contributed by atoms with Crippen LogP contribution in [0.25, 0.3) is 0 Å². The van der Waals surface area contributed by atoms with Gasteiger partial charge in [0.1, 0.15) is 22.1 Å². The second-order valence-electron chi connectivity index (χ2n) is 8.19. The first-order valence-corrected chi connectivity index (χ1v) is 12.6. The SMILES string of the molecule is COC(=O)c1c(NC(=O)C(=O)N/N=C/c2ccccc2OC(=O)c2ccccc2OC)sc2c1CCCC2. The minimum absolute atomic E-state index is 0.192. The Hall–Kier alpha value is -4.51. The summed E-state index contributed by atoms with van der Waals surface area (Å²) >= 11 is 1.27. The summed E-state index contributed by atoms with van der Waals surface area (Å²) in [5.41, 5.74) is 3.94. The van der Waals surface area contributed by atoms with Gasteiger partial charge in [-0.05, 0) is 55.5 Å². The van der Waals surface area contributed by atoms with E-state index in [0.29, 0.717) is 23.3 Å². The van der Waals surface area contributed by atoms with E-state index in [0.717, 1.165) is 29.7 Å². The summed E-state index contributed by atoms with van der Waals surface area (Å²) in [6.45, 7) is 0. The number of amides is 2. The van der Waals surface area contributed by atoms with E-state index in [4.69, 9.17) is 14.2 Å². The number of rotatable bonds is 7. The third-order valence-electron chi connectivity index (χ3n) is 5.81. The van der Waals surface area contributed by atoms with E-state index >= 15 is 0 Å². The second kappa shape index (κ2) is 12.2. The average molecular weight is 536 g/mol. The van der Waals surface area contributed by atoms with Crippen molar-refractivity contribution in [2.24, 2.45) is 5.10 Å². The molecule has 1 aliphatic rings. The number of hydrogen-bond acceptors (Lipinski definition) is 9. The smallest absolute Gasteiger partial charge is 0.347 e. The van der Waals surface area contributed by atoms with Crippen molar-refractivity contribution in [3.8, 4) is 11.5 Å². The van der Waals surface area contributed by atoms with Gasteiger partial charge in [0.2, 0.25) is 0 Å². The summed E-state index contributed by atoms with van der Waals surface area (Å²) < 4.78 is 15.6. The number of anilines is 1. The molecule has 0 saturated heterocycles. The molecule has 11 heteroatoms. The quantitative estimate of drug-likeness (QED) is 0.155. The lowest BCUT2D eigenvalue weighted by atomic mass is 9.95. The molecule has 1 heterocycles. The Morgan fingerprint density at radius 3 is 2.37 bits per heavy atom. The number of nitrogens with zero attached hydrogens (tertiary/aromatic N) is 1. The molecule has 38 heavy (non-hydrogen) atoms. The summed E-state index contributed by atoms with van der Waals surface area (Å²) in [6, 6.07) is 13.2. The predicted molar refractivity (Wildman–Crippen MR) is 141 cm³/mol. The molecule has 0 fully saturated rings. The highest BCUT2D eigenvalue weighted by Gasteiger charge is 2.28. The Labute approximate surface area is 222 Å². The molecule has 0 radical (unpaired) electrons. The van der Waals surface area contributed by atoms with Gasteiger partial charge in [0.25, 0.3) is 0 Å². The second-order valence-corrected chi connectivity index (χ2v) is 9.29. The van der Waals surface area contributed by atoms with Crippen LogP contribution in [-0.4, -0.2) is 44.2 Å². The Morgan fingerprint density at radius 2 is 1.61 bits per heavy atom. The van der Waals surface area contributed by atoms with Crippen LogP contribution < -0.4 is 20.2 Å². The van der Waals surface area contributed by atoms with Crippen molar-refractivity contribution in [3.05, 3.63) is 75.7 Å². The molecular weight excluding hydrogens is 510 g/mol. The fourth-order valence-corrected chi connectivity index (χ4v) is 5.26. The van der Waals surface area contributed by atoms with Crippen LogP contribution in [0.15, 0.2) is 53.6 Å². The molecule has 2 N–H and O–H groups in total. The summed E-state index contributed by atoms with van der Waals surface area (Å²) in [4.78, 5) is 51.0. The van der Waals surface area contributed by atoms with Gasteiger partial charge in [0, 0.05) is 10.4 Å². The van der Waals surface area contributed by atoms with Crippen LogP contribution >= 0.6 is 11.3 Å². The monoisotopic (exact) mass is 535 g/mol. The van der Waals surface area contributed by atoms with Crippen LogP contribution in [0.1, 0.15) is 49.6 Å². The van der Waals surface area contributed by atoms with E-state index in [1.54, 1.807) is 48.5 Å². The van der Waals surface area contributed by atoms with Gasteiger partial charge < -0.3 is 19.5 Å². The lowest BCUT2D eigenvalue weighted by Gasteiger charge is -2.11. The van der Waals surface area contributed by atoms with Crippen LogP contribution in [0.3, 0.4) is 0 Å². The topological polar surface area (TPSA) is 132 Å². The van der Waals surface area contributed by atoms with E-state index in [1.165, 1.54) is 31.8 Å². The number of fused-ring (bicyclic) bond motifs is 1. The van der Waals surface area contributed by atoms with Crippen molar-refractivity contribution < 1.29 is 33.4 Å². The molecule has 0 unspecified atom stereocenters. The molecule has 1 aromatic heterocycles. The molecule has 0 saturated carbocycles. The van der Waals surface area contributed by atoms with E-state index in [1.807, 2.05) is 0 Å². The summed E-state index contributed by atoms with van der Waals surface area (Å²) in [6.07, 6.45) is 4.69. The van der Waals surface area contributed by atoms with Gasteiger partial charge in [-0.2, -0.15) is 5.10 Å². The van der Waals surface area contributed by atoms with Gasteiger partial charge >= 0.3 is 23.8 Å². The number of methoxy groups -OCH3 is 2. The first-order valence-electron chi connectivity index (χ1n) is 11.7. The number of hydrazone groups is 1. The summed E-state index contributed by atoms with van der Waals surface area (Å²) in [5, 5.41) is 6.62. The highest BCUT2D eigenvalue weighted by molar-refractivity contribution is 7.17. The number of thiophene rings is 1. The predicted octanol–water partition coefficient (Wildman–Crippen LogP) is 3.73. The van der Waals surface area contributed by atoms with Gasteiger partial charge in [-0.1, -0.05) is 24.3 Å². The summed E-state index contributed by atoms with van der Waals surface area (Å²) in [5.74, 6) is -2.65. The summed E-state index contributed by atoms with van der Waals surface area (Å²) in [7, 11) is 2.72. The minimum Gasteiger partial charge on any atom is -0.496 e. The van der Waals surface area contributed by atoms with Crippen molar-refractivity contribution >= 4 is 46.3 Å². The number of benzene rings is 2. The molecule has 0 atom stereocenters. The van der Waals surface area contributed by atoms with E-state index in [9.17, 15) is 19.2 Å². The standard InChI is InChI=1S/C27H25N3O7S/c1-35-20-13-7-4-10-17(20)26(33)37-19-12-6-3-9-16(19)15-28-30-24(32)23(31)29-25-22(27(34)36-2)18-11-5-8-14-21(18)38-25/h3-4,6-7,9-10,12-13,15H,5,8,11,14H2,1-2H3,(H,29,31)(H,30,32)/b28-15+. The normalized spacial score (nSPS) is 12.4. The van der Waals surface area contributed by atoms with Gasteiger partial charge in [0.15, 0.2) is 0 Å². The molecule has 0 aliphatic heterocycles. The maximum Gasteiger partial charge on any atom is 0.347 e. The number of hydrogen-bond donors (Lipinski definition) is 2. The Kier molecular flexibility index (Phi) is 8.49. The lowest BCUT2D eigenvalue weighted by Crippen LogP contribution is -2.32. The zero-order valence-corrected chi connectivity index (χ0v) is 21.6. The number of ether oxygens (including phenoxy) is 3. The van der Waals surface area contributed by atoms with Crippen molar-refractivity contribution in [1.29, 1.82) is 0 Å². The zero-order valence-electron chi connectivity index (χ0n) is 20.7. The number of aryl methyl sites for hydroxylation is 1. The van der Waals surface area contributed by atoms with Crippen molar-refractivity contribution in [1.82, 2.24) is 5.43 Å². The number of nitrogens with one attached hydrogen (secondary N) is 2. The maximum absolute atomic E-state index is 12.7. The van der Waals surface area contributed by atoms with Crippen LogP contribution in [0.2, 0.25) is 0 Å². The highest BCUT2D eigenvalue weighted by atomic mass is 32.1. The molecule has 1 aliphatic carbocycles. The van der Waals surface area contributed by atoms with Crippen LogP contribution in [0.5, 0.6) is 11.5 Å². The Balaban J connectivity index is 1.42. The first kappa shape index (κ1) is 26.6. The van der Waals surface area contributed by atoms with Gasteiger partial charge in [0.05, 0.1) is 26.0 Å². The number of para-hydroxylation sites is 2. The first-order chi connectivity index (χ1) is 18.4. The van der Waals surface area contributed by atoms with Crippen LogP contribution in [0, 0.1) is 0 Å². The third-order valence-corrected chi connectivity index (χ3v) is 7.02.